The first-order chi connectivity index (χ1) is 9.04. The summed E-state index contributed by atoms with van der Waals surface area (Å²) in [6.45, 7) is 9.98. The van der Waals surface area contributed by atoms with E-state index in [1.165, 1.54) is 16.0 Å². The Hall–Kier alpha value is -1.12. The molecular weight excluding hydrogens is 250 g/mol. The van der Waals surface area contributed by atoms with Crippen LogP contribution in [0.1, 0.15) is 49.7 Å². The summed E-state index contributed by atoms with van der Waals surface area (Å²) in [7, 11) is 0. The quantitative estimate of drug-likeness (QED) is 0.848. The molecule has 1 nitrogen and oxygen atoms in total. The lowest BCUT2D eigenvalue weighted by Crippen LogP contribution is -2.25. The Balaban J connectivity index is 2.48. The summed E-state index contributed by atoms with van der Waals surface area (Å²) in [6.07, 6.45) is 0. The molecule has 0 aliphatic heterocycles. The Morgan fingerprint density at radius 1 is 1.11 bits per heavy atom. The lowest BCUT2D eigenvalue weighted by atomic mass is 9.81. The van der Waals surface area contributed by atoms with E-state index in [4.69, 9.17) is 0 Å². The number of rotatable bonds is 4. The fourth-order valence-corrected chi connectivity index (χ4v) is 3.27. The minimum atomic E-state index is 0.168. The molecule has 102 valence electrons. The van der Waals surface area contributed by atoms with Gasteiger partial charge >= 0.3 is 0 Å². The summed E-state index contributed by atoms with van der Waals surface area (Å²) < 4.78 is 0. The number of hydrogen-bond donors (Lipinski definition) is 1. The largest absolute Gasteiger partial charge is 0.306 e. The molecule has 1 atom stereocenters. The molecule has 0 amide bonds. The Kier molecular flexibility index (Phi) is 4.43. The second kappa shape index (κ2) is 5.89. The van der Waals surface area contributed by atoms with Gasteiger partial charge in [-0.25, -0.2) is 0 Å². The van der Waals surface area contributed by atoms with Gasteiger partial charge in [-0.15, -0.1) is 11.3 Å². The van der Waals surface area contributed by atoms with Crippen molar-refractivity contribution >= 4 is 11.3 Å². The van der Waals surface area contributed by atoms with Gasteiger partial charge in [0.05, 0.1) is 6.04 Å². The number of benzene rings is 1. The highest BCUT2D eigenvalue weighted by Crippen LogP contribution is 2.34. The molecule has 1 N–H and O–H groups in total. The second-order valence-electron chi connectivity index (χ2n) is 5.84. The molecule has 19 heavy (non-hydrogen) atoms. The van der Waals surface area contributed by atoms with Crippen LogP contribution in [0.5, 0.6) is 0 Å². The Morgan fingerprint density at radius 2 is 1.84 bits per heavy atom. The minimum absolute atomic E-state index is 0.168. The van der Waals surface area contributed by atoms with E-state index in [-0.39, 0.29) is 5.41 Å². The third-order valence-corrected chi connectivity index (χ3v) is 4.25. The highest BCUT2D eigenvalue weighted by Gasteiger charge is 2.23. The summed E-state index contributed by atoms with van der Waals surface area (Å²) in [4.78, 5) is 1.39. The van der Waals surface area contributed by atoms with E-state index in [0.29, 0.717) is 6.04 Å². The minimum Gasteiger partial charge on any atom is -0.306 e. The predicted octanol–water partition coefficient (Wildman–Crippen LogP) is 4.74. The molecule has 0 saturated heterocycles. The topological polar surface area (TPSA) is 12.0 Å². The van der Waals surface area contributed by atoms with Crippen LogP contribution < -0.4 is 5.32 Å². The van der Waals surface area contributed by atoms with Crippen LogP contribution >= 0.6 is 11.3 Å². The zero-order chi connectivity index (χ0) is 13.9. The molecule has 1 heterocycles. The van der Waals surface area contributed by atoms with Crippen LogP contribution in [-0.4, -0.2) is 6.54 Å². The lowest BCUT2D eigenvalue weighted by molar-refractivity contribution is 0.559. The van der Waals surface area contributed by atoms with E-state index in [1.54, 1.807) is 0 Å². The Morgan fingerprint density at radius 3 is 2.42 bits per heavy atom. The fraction of sp³-hybridized carbons (Fsp3) is 0.412. The van der Waals surface area contributed by atoms with E-state index in [2.05, 4.69) is 74.8 Å². The zero-order valence-electron chi connectivity index (χ0n) is 12.2. The number of thiophene rings is 1. The van der Waals surface area contributed by atoms with Crippen molar-refractivity contribution in [2.75, 3.05) is 6.54 Å². The summed E-state index contributed by atoms with van der Waals surface area (Å²) in [5, 5.41) is 5.78. The van der Waals surface area contributed by atoms with Crippen LogP contribution in [0.25, 0.3) is 0 Å². The molecule has 1 aromatic heterocycles. The van der Waals surface area contributed by atoms with Gasteiger partial charge in [0.2, 0.25) is 0 Å². The van der Waals surface area contributed by atoms with Gasteiger partial charge in [0.25, 0.3) is 0 Å². The van der Waals surface area contributed by atoms with Crippen molar-refractivity contribution in [1.82, 2.24) is 5.32 Å². The molecule has 2 rings (SSSR count). The number of nitrogens with one attached hydrogen (secondary N) is 1. The molecular formula is C17H23NS. The average Bonchev–Trinajstić information content (AvgIpc) is 2.88. The average molecular weight is 273 g/mol. The van der Waals surface area contributed by atoms with Crippen molar-refractivity contribution in [1.29, 1.82) is 0 Å². The summed E-state index contributed by atoms with van der Waals surface area (Å²) in [6, 6.07) is 13.5. The van der Waals surface area contributed by atoms with E-state index in [9.17, 15) is 0 Å². The maximum Gasteiger partial charge on any atom is 0.0673 e. The van der Waals surface area contributed by atoms with Crippen LogP contribution in [0, 0.1) is 0 Å². The van der Waals surface area contributed by atoms with Crippen LogP contribution in [-0.2, 0) is 5.41 Å². The van der Waals surface area contributed by atoms with Gasteiger partial charge in [-0.05, 0) is 34.5 Å². The van der Waals surface area contributed by atoms with Crippen molar-refractivity contribution in [3.63, 3.8) is 0 Å². The summed E-state index contributed by atoms with van der Waals surface area (Å²) in [5.74, 6) is 0. The highest BCUT2D eigenvalue weighted by molar-refractivity contribution is 7.10. The summed E-state index contributed by atoms with van der Waals surface area (Å²) >= 11 is 1.82. The molecule has 0 spiro atoms. The Labute approximate surface area is 120 Å². The van der Waals surface area contributed by atoms with Crippen molar-refractivity contribution in [2.45, 2.75) is 39.2 Å². The molecule has 0 bridgehead atoms. The van der Waals surface area contributed by atoms with Gasteiger partial charge in [0.1, 0.15) is 0 Å². The monoisotopic (exact) mass is 273 g/mol. The van der Waals surface area contributed by atoms with E-state index < -0.39 is 0 Å². The first kappa shape index (κ1) is 14.3. The zero-order valence-corrected chi connectivity index (χ0v) is 13.1. The maximum absolute atomic E-state index is 3.62. The summed E-state index contributed by atoms with van der Waals surface area (Å²) in [5.41, 5.74) is 3.00. The van der Waals surface area contributed by atoms with Gasteiger partial charge in [-0.1, -0.05) is 58.0 Å². The standard InChI is InChI=1S/C17H23NS/c1-5-18-16(15-11-8-12-19-15)13-9-6-7-10-14(13)17(2,3)4/h6-12,16,18H,5H2,1-4H3. The second-order valence-corrected chi connectivity index (χ2v) is 6.82. The van der Waals surface area contributed by atoms with Crippen molar-refractivity contribution < 1.29 is 0 Å². The van der Waals surface area contributed by atoms with Gasteiger partial charge in [-0.2, -0.15) is 0 Å². The van der Waals surface area contributed by atoms with Gasteiger partial charge in [-0.3, -0.25) is 0 Å². The van der Waals surface area contributed by atoms with Gasteiger partial charge in [0.15, 0.2) is 0 Å². The molecule has 2 aromatic rings. The van der Waals surface area contributed by atoms with Crippen LogP contribution in [0.4, 0.5) is 0 Å². The molecule has 0 aliphatic carbocycles. The first-order valence-electron chi connectivity index (χ1n) is 6.90. The molecule has 0 fully saturated rings. The first-order valence-corrected chi connectivity index (χ1v) is 7.78. The van der Waals surface area contributed by atoms with Crippen molar-refractivity contribution in [3.05, 3.63) is 57.8 Å². The highest BCUT2D eigenvalue weighted by atomic mass is 32.1. The molecule has 1 aromatic carbocycles. The van der Waals surface area contributed by atoms with Crippen molar-refractivity contribution in [3.8, 4) is 0 Å². The third kappa shape index (κ3) is 3.26. The van der Waals surface area contributed by atoms with Crippen LogP contribution in [0.2, 0.25) is 0 Å². The molecule has 2 heteroatoms. The fourth-order valence-electron chi connectivity index (χ4n) is 2.46. The van der Waals surface area contributed by atoms with Crippen molar-refractivity contribution in [2.24, 2.45) is 0 Å². The Bertz CT molecular complexity index is 508. The van der Waals surface area contributed by atoms with E-state index >= 15 is 0 Å². The van der Waals surface area contributed by atoms with Crippen LogP contribution in [0.15, 0.2) is 41.8 Å². The van der Waals surface area contributed by atoms with E-state index in [0.717, 1.165) is 6.54 Å². The lowest BCUT2D eigenvalue weighted by Gasteiger charge is -2.27. The SMILES string of the molecule is CCNC(c1cccs1)c1ccccc1C(C)(C)C. The smallest absolute Gasteiger partial charge is 0.0673 e. The van der Waals surface area contributed by atoms with Crippen LogP contribution in [0.3, 0.4) is 0 Å². The normalized spacial score (nSPS) is 13.5. The number of hydrogen-bond acceptors (Lipinski definition) is 2. The molecule has 0 aliphatic rings. The molecule has 0 saturated carbocycles. The van der Waals surface area contributed by atoms with E-state index in [1.807, 2.05) is 11.3 Å². The molecule has 0 radical (unpaired) electrons. The predicted molar refractivity (Wildman–Crippen MR) is 85.0 cm³/mol. The molecule has 1 unspecified atom stereocenters. The maximum atomic E-state index is 3.62. The third-order valence-electron chi connectivity index (χ3n) is 3.32. The van der Waals surface area contributed by atoms with Gasteiger partial charge < -0.3 is 5.32 Å². The van der Waals surface area contributed by atoms with Gasteiger partial charge in [0, 0.05) is 4.88 Å².